The molecule has 2 aliphatic rings. The third-order valence-electron chi connectivity index (χ3n) is 5.95. The lowest BCUT2D eigenvalue weighted by molar-refractivity contribution is 0.187. The van der Waals surface area contributed by atoms with E-state index in [9.17, 15) is 9.90 Å². The Morgan fingerprint density at radius 2 is 2.17 bits per heavy atom. The fourth-order valence-corrected chi connectivity index (χ4v) is 4.26. The van der Waals surface area contributed by atoms with Gasteiger partial charge in [0.1, 0.15) is 5.82 Å². The highest BCUT2D eigenvalue weighted by atomic mass is 35.5. The number of carbonyl (C=O) groups excluding carboxylic acids is 1. The molecular formula is C22H28ClN5O2. The molecule has 0 unspecified atom stereocenters. The number of fused-ring (bicyclic) bond motifs is 1. The maximum atomic E-state index is 13.0. The maximum Gasteiger partial charge on any atom is 0.318 e. The summed E-state index contributed by atoms with van der Waals surface area (Å²) in [5, 5.41) is 16.6. The zero-order valence-corrected chi connectivity index (χ0v) is 17.9. The number of urea groups is 1. The largest absolute Gasteiger partial charge is 0.396 e. The molecule has 0 spiro atoms. The molecule has 0 saturated carbocycles. The van der Waals surface area contributed by atoms with E-state index in [2.05, 4.69) is 20.6 Å². The van der Waals surface area contributed by atoms with Gasteiger partial charge in [-0.05, 0) is 35.6 Å². The van der Waals surface area contributed by atoms with Gasteiger partial charge in [-0.25, -0.2) is 14.8 Å². The van der Waals surface area contributed by atoms with Crippen molar-refractivity contribution in [2.75, 3.05) is 26.2 Å². The normalized spacial score (nSPS) is 21.9. The smallest absolute Gasteiger partial charge is 0.318 e. The van der Waals surface area contributed by atoms with Crippen LogP contribution in [-0.4, -0.2) is 58.3 Å². The molecule has 3 atom stereocenters. The Hall–Kier alpha value is -2.22. The summed E-state index contributed by atoms with van der Waals surface area (Å²) in [5.41, 5.74) is 3.18. The second kappa shape index (κ2) is 9.29. The van der Waals surface area contributed by atoms with Crippen LogP contribution in [0.2, 0.25) is 5.02 Å². The van der Waals surface area contributed by atoms with Crippen LogP contribution in [0.1, 0.15) is 35.5 Å². The molecule has 4 rings (SSSR count). The zero-order chi connectivity index (χ0) is 21.1. The van der Waals surface area contributed by atoms with Crippen molar-refractivity contribution >= 4 is 17.6 Å². The van der Waals surface area contributed by atoms with Gasteiger partial charge in [-0.1, -0.05) is 30.7 Å². The zero-order valence-electron chi connectivity index (χ0n) is 17.1. The molecule has 0 bridgehead atoms. The Kier molecular flexibility index (Phi) is 6.51. The molecule has 2 amide bonds. The molecule has 3 heterocycles. The van der Waals surface area contributed by atoms with E-state index in [1.807, 2.05) is 42.3 Å². The van der Waals surface area contributed by atoms with Crippen LogP contribution in [-0.2, 0) is 19.4 Å². The van der Waals surface area contributed by atoms with E-state index in [1.54, 1.807) is 0 Å². The number of carbonyl (C=O) groups is 1. The number of nitrogens with one attached hydrogen (secondary N) is 2. The Balaban J connectivity index is 1.41. The Morgan fingerprint density at radius 1 is 1.37 bits per heavy atom. The van der Waals surface area contributed by atoms with Gasteiger partial charge in [0.25, 0.3) is 0 Å². The van der Waals surface area contributed by atoms with Crippen molar-refractivity contribution in [3.63, 3.8) is 0 Å². The highest BCUT2D eigenvalue weighted by Crippen LogP contribution is 2.25. The Morgan fingerprint density at radius 3 is 2.93 bits per heavy atom. The predicted molar refractivity (Wildman–Crippen MR) is 115 cm³/mol. The van der Waals surface area contributed by atoms with Crippen LogP contribution < -0.4 is 10.6 Å². The first-order chi connectivity index (χ1) is 14.5. The second-order valence-electron chi connectivity index (χ2n) is 8.29. The average Bonchev–Trinajstić information content (AvgIpc) is 3.21. The number of hydrogen-bond acceptors (Lipinski definition) is 5. The highest BCUT2D eigenvalue weighted by molar-refractivity contribution is 6.30. The molecule has 0 radical (unpaired) electrons. The fourth-order valence-electron chi connectivity index (χ4n) is 4.13. The number of aliphatic hydroxyl groups excluding tert-OH is 1. The van der Waals surface area contributed by atoms with Gasteiger partial charge < -0.3 is 20.6 Å². The number of aliphatic hydroxyl groups is 1. The topological polar surface area (TPSA) is 90.4 Å². The molecule has 2 aromatic rings. The minimum absolute atomic E-state index is 0.0337. The molecule has 160 valence electrons. The summed E-state index contributed by atoms with van der Waals surface area (Å²) in [6.07, 6.45) is 3.25. The predicted octanol–water partition coefficient (Wildman–Crippen LogP) is 2.12. The van der Waals surface area contributed by atoms with Crippen molar-refractivity contribution < 1.29 is 9.90 Å². The van der Waals surface area contributed by atoms with Gasteiger partial charge in [0.05, 0.1) is 18.3 Å². The third-order valence-corrected chi connectivity index (χ3v) is 6.20. The van der Waals surface area contributed by atoms with Crippen molar-refractivity contribution in [3.8, 4) is 0 Å². The van der Waals surface area contributed by atoms with Crippen molar-refractivity contribution in [2.24, 2.45) is 5.92 Å². The first-order valence-electron chi connectivity index (χ1n) is 10.5. The molecule has 1 aromatic heterocycles. The number of halogens is 1. The van der Waals surface area contributed by atoms with Crippen molar-refractivity contribution in [2.45, 2.75) is 38.3 Å². The molecule has 1 fully saturated rings. The van der Waals surface area contributed by atoms with E-state index in [-0.39, 0.29) is 30.5 Å². The van der Waals surface area contributed by atoms with Crippen LogP contribution in [0.5, 0.6) is 0 Å². The molecule has 7 nitrogen and oxygen atoms in total. The van der Waals surface area contributed by atoms with E-state index < -0.39 is 0 Å². The second-order valence-corrected chi connectivity index (χ2v) is 8.73. The molecule has 0 aliphatic carbocycles. The van der Waals surface area contributed by atoms with Gasteiger partial charge in [0.15, 0.2) is 0 Å². The van der Waals surface area contributed by atoms with Gasteiger partial charge in [-0.2, -0.15) is 0 Å². The standard InChI is InChI=1S/C22H28ClN5O2/c1-14(13-29)8-21-25-9-16-6-7-28(12-20(16)26-21)22(30)27-19-11-24-10-18(19)15-2-4-17(23)5-3-15/h2-5,9,14,18-19,24,29H,6-8,10-13H2,1H3,(H,27,30)/t14-,18+,19-/m1/s1. The van der Waals surface area contributed by atoms with E-state index >= 15 is 0 Å². The first kappa shape index (κ1) is 21.0. The van der Waals surface area contributed by atoms with E-state index in [0.717, 1.165) is 36.6 Å². The molecule has 1 aromatic carbocycles. The lowest BCUT2D eigenvalue weighted by atomic mass is 9.94. The highest BCUT2D eigenvalue weighted by Gasteiger charge is 2.32. The van der Waals surface area contributed by atoms with Gasteiger partial charge in [-0.3, -0.25) is 0 Å². The van der Waals surface area contributed by atoms with E-state index in [4.69, 9.17) is 11.6 Å². The summed E-state index contributed by atoms with van der Waals surface area (Å²) in [5.74, 6) is 1.06. The molecule has 1 saturated heterocycles. The number of hydrogen-bond donors (Lipinski definition) is 3. The van der Waals surface area contributed by atoms with Crippen LogP contribution in [0.25, 0.3) is 0 Å². The SMILES string of the molecule is C[C@@H](CO)Cc1ncc2c(n1)CN(C(=O)N[C@@H]1CNC[C@H]1c1ccc(Cl)cc1)CC2. The summed E-state index contributed by atoms with van der Waals surface area (Å²) < 4.78 is 0. The summed E-state index contributed by atoms with van der Waals surface area (Å²) in [4.78, 5) is 23.9. The van der Waals surface area contributed by atoms with Crippen LogP contribution in [0.15, 0.2) is 30.5 Å². The molecule has 3 N–H and O–H groups in total. The molecule has 8 heteroatoms. The van der Waals surface area contributed by atoms with E-state index in [0.29, 0.717) is 24.5 Å². The van der Waals surface area contributed by atoms with Gasteiger partial charge in [0.2, 0.25) is 0 Å². The van der Waals surface area contributed by atoms with Crippen molar-refractivity contribution in [1.29, 1.82) is 0 Å². The maximum absolute atomic E-state index is 13.0. The third kappa shape index (κ3) is 4.74. The van der Waals surface area contributed by atoms with Crippen LogP contribution in [0, 0.1) is 5.92 Å². The fraction of sp³-hybridized carbons (Fsp3) is 0.500. The summed E-state index contributed by atoms with van der Waals surface area (Å²) in [7, 11) is 0. The lowest BCUT2D eigenvalue weighted by Crippen LogP contribution is -2.48. The lowest BCUT2D eigenvalue weighted by Gasteiger charge is -2.30. The molecular weight excluding hydrogens is 402 g/mol. The minimum atomic E-state index is -0.0581. The van der Waals surface area contributed by atoms with Gasteiger partial charge in [0, 0.05) is 49.8 Å². The van der Waals surface area contributed by atoms with Crippen molar-refractivity contribution in [3.05, 3.63) is 58.1 Å². The quantitative estimate of drug-likeness (QED) is 0.677. The number of benzene rings is 1. The number of aromatic nitrogens is 2. The number of rotatable bonds is 5. The number of nitrogens with zero attached hydrogens (tertiary/aromatic N) is 3. The summed E-state index contributed by atoms with van der Waals surface area (Å²) in [6, 6.07) is 7.82. The summed E-state index contributed by atoms with van der Waals surface area (Å²) >= 11 is 6.01. The molecule has 30 heavy (non-hydrogen) atoms. The monoisotopic (exact) mass is 429 g/mol. The summed E-state index contributed by atoms with van der Waals surface area (Å²) in [6.45, 7) is 4.79. The van der Waals surface area contributed by atoms with Crippen LogP contribution in [0.3, 0.4) is 0 Å². The van der Waals surface area contributed by atoms with Crippen LogP contribution >= 0.6 is 11.6 Å². The Bertz CT molecular complexity index is 892. The van der Waals surface area contributed by atoms with Gasteiger partial charge >= 0.3 is 6.03 Å². The first-order valence-corrected chi connectivity index (χ1v) is 10.9. The minimum Gasteiger partial charge on any atom is -0.396 e. The number of amides is 2. The van der Waals surface area contributed by atoms with Crippen LogP contribution in [0.4, 0.5) is 4.79 Å². The molecule has 2 aliphatic heterocycles. The average molecular weight is 430 g/mol. The Labute approximate surface area is 181 Å². The van der Waals surface area contributed by atoms with Gasteiger partial charge in [-0.15, -0.1) is 0 Å². The van der Waals surface area contributed by atoms with Crippen molar-refractivity contribution in [1.82, 2.24) is 25.5 Å². The van der Waals surface area contributed by atoms with E-state index in [1.165, 1.54) is 5.56 Å².